The highest BCUT2D eigenvalue weighted by molar-refractivity contribution is 7.92. The van der Waals surface area contributed by atoms with Crippen LogP contribution in [0.15, 0.2) is 0 Å². The zero-order valence-corrected chi connectivity index (χ0v) is 13.6. The summed E-state index contributed by atoms with van der Waals surface area (Å²) in [6.45, 7) is 2.82. The molecule has 1 saturated heterocycles. The average molecular weight is 325 g/mol. The van der Waals surface area contributed by atoms with Crippen molar-refractivity contribution in [3.63, 3.8) is 0 Å². The first-order chi connectivity index (χ1) is 8.92. The molecule has 1 aliphatic heterocycles. The zero-order chi connectivity index (χ0) is 14.1. The molecule has 0 aromatic heterocycles. The summed E-state index contributed by atoms with van der Waals surface area (Å²) in [5, 5.41) is 0. The van der Waals surface area contributed by atoms with E-state index in [1.54, 1.807) is 11.8 Å². The molecule has 1 unspecified atom stereocenters. The van der Waals surface area contributed by atoms with Crippen molar-refractivity contribution in [2.24, 2.45) is 11.7 Å². The topological polar surface area (TPSA) is 80.5 Å². The van der Waals surface area contributed by atoms with Crippen molar-refractivity contribution < 1.29 is 13.2 Å². The standard InChI is InChI=1S/C13H24N2O3S.ClH/c1-11(9-14)12(16)15-7-8-19(17,18)13(10-15)5-3-2-4-6-13;/h11H,2-10,14H2,1H3;1H. The number of rotatable bonds is 2. The number of nitrogens with two attached hydrogens (primary N) is 1. The van der Waals surface area contributed by atoms with Crippen molar-refractivity contribution in [1.82, 2.24) is 4.90 Å². The lowest BCUT2D eigenvalue weighted by Crippen LogP contribution is -2.59. The summed E-state index contributed by atoms with van der Waals surface area (Å²) in [5.74, 6) is -0.112. The number of sulfone groups is 1. The van der Waals surface area contributed by atoms with Crippen molar-refractivity contribution in [2.45, 2.75) is 43.8 Å². The first-order valence-corrected chi connectivity index (χ1v) is 8.78. The fourth-order valence-corrected chi connectivity index (χ4v) is 5.39. The Kier molecular flexibility index (Phi) is 5.87. The van der Waals surface area contributed by atoms with Gasteiger partial charge in [0.25, 0.3) is 0 Å². The lowest BCUT2D eigenvalue weighted by atomic mass is 9.87. The predicted molar refractivity (Wildman–Crippen MR) is 81.6 cm³/mol. The second kappa shape index (κ2) is 6.62. The maximum Gasteiger partial charge on any atom is 0.226 e. The van der Waals surface area contributed by atoms with E-state index < -0.39 is 14.6 Å². The summed E-state index contributed by atoms with van der Waals surface area (Å²) in [6, 6.07) is 0. The predicted octanol–water partition coefficient (Wildman–Crippen LogP) is 0.963. The van der Waals surface area contributed by atoms with Gasteiger partial charge in [-0.05, 0) is 12.8 Å². The molecule has 1 aliphatic carbocycles. The van der Waals surface area contributed by atoms with Gasteiger partial charge in [-0.15, -0.1) is 12.4 Å². The van der Waals surface area contributed by atoms with Crippen LogP contribution in [0.5, 0.6) is 0 Å². The maximum atomic E-state index is 12.4. The summed E-state index contributed by atoms with van der Waals surface area (Å²) in [5.41, 5.74) is 5.54. The SMILES string of the molecule is CC(CN)C(=O)N1CCS(=O)(=O)C2(CCCCC2)C1.Cl. The number of amides is 1. The van der Waals surface area contributed by atoms with Gasteiger partial charge in [-0.25, -0.2) is 8.42 Å². The molecular weight excluding hydrogens is 300 g/mol. The van der Waals surface area contributed by atoms with Gasteiger partial charge in [0.15, 0.2) is 9.84 Å². The van der Waals surface area contributed by atoms with Crippen LogP contribution in [-0.4, -0.2) is 49.4 Å². The molecule has 1 heterocycles. The molecule has 2 N–H and O–H groups in total. The summed E-state index contributed by atoms with van der Waals surface area (Å²) in [4.78, 5) is 13.9. The van der Waals surface area contributed by atoms with Gasteiger partial charge >= 0.3 is 0 Å². The molecule has 0 aromatic carbocycles. The van der Waals surface area contributed by atoms with E-state index in [0.717, 1.165) is 19.3 Å². The molecule has 1 spiro atoms. The monoisotopic (exact) mass is 324 g/mol. The highest BCUT2D eigenvalue weighted by Gasteiger charge is 2.49. The van der Waals surface area contributed by atoms with E-state index in [-0.39, 0.29) is 30.0 Å². The molecule has 1 amide bonds. The third-order valence-corrected chi connectivity index (χ3v) is 7.20. The van der Waals surface area contributed by atoms with Crippen LogP contribution in [-0.2, 0) is 14.6 Å². The lowest BCUT2D eigenvalue weighted by molar-refractivity contribution is -0.135. The molecule has 0 bridgehead atoms. The largest absolute Gasteiger partial charge is 0.340 e. The van der Waals surface area contributed by atoms with Crippen LogP contribution in [0.25, 0.3) is 0 Å². The van der Waals surface area contributed by atoms with Crippen LogP contribution < -0.4 is 5.73 Å². The Labute approximate surface area is 127 Å². The first-order valence-electron chi connectivity index (χ1n) is 7.13. The van der Waals surface area contributed by atoms with E-state index in [2.05, 4.69) is 0 Å². The van der Waals surface area contributed by atoms with Crippen LogP contribution in [0.1, 0.15) is 39.0 Å². The van der Waals surface area contributed by atoms with Gasteiger partial charge in [0.05, 0.1) is 10.5 Å². The average Bonchev–Trinajstić information content (AvgIpc) is 2.41. The molecule has 1 saturated carbocycles. The molecule has 0 aromatic rings. The Balaban J connectivity index is 0.00000200. The quantitative estimate of drug-likeness (QED) is 0.820. The minimum absolute atomic E-state index is 0. The van der Waals surface area contributed by atoms with Crippen molar-refractivity contribution in [2.75, 3.05) is 25.4 Å². The van der Waals surface area contributed by atoms with Gasteiger partial charge in [-0.1, -0.05) is 26.2 Å². The van der Waals surface area contributed by atoms with Crippen LogP contribution in [0.4, 0.5) is 0 Å². The Morgan fingerprint density at radius 2 is 1.90 bits per heavy atom. The van der Waals surface area contributed by atoms with E-state index in [9.17, 15) is 13.2 Å². The number of halogens is 1. The van der Waals surface area contributed by atoms with E-state index in [0.29, 0.717) is 32.5 Å². The molecule has 1 atom stereocenters. The molecule has 2 fully saturated rings. The minimum Gasteiger partial charge on any atom is -0.340 e. The van der Waals surface area contributed by atoms with E-state index in [1.165, 1.54) is 0 Å². The van der Waals surface area contributed by atoms with Gasteiger partial charge in [0.1, 0.15) is 0 Å². The normalized spacial score (nSPS) is 25.8. The number of carbonyl (C=O) groups is 1. The van der Waals surface area contributed by atoms with Gasteiger partial charge in [-0.2, -0.15) is 0 Å². The molecule has 7 heteroatoms. The highest BCUT2D eigenvalue weighted by atomic mass is 35.5. The number of carbonyl (C=O) groups excluding carboxylic acids is 1. The van der Waals surface area contributed by atoms with E-state index in [4.69, 9.17) is 5.73 Å². The Morgan fingerprint density at radius 3 is 2.45 bits per heavy atom. The smallest absolute Gasteiger partial charge is 0.226 e. The fraction of sp³-hybridized carbons (Fsp3) is 0.923. The lowest BCUT2D eigenvalue weighted by Gasteiger charge is -2.44. The minimum atomic E-state index is -3.07. The summed E-state index contributed by atoms with van der Waals surface area (Å²) >= 11 is 0. The fourth-order valence-electron chi connectivity index (χ4n) is 3.24. The molecule has 2 aliphatic rings. The molecule has 118 valence electrons. The zero-order valence-electron chi connectivity index (χ0n) is 12.0. The van der Waals surface area contributed by atoms with Gasteiger partial charge in [-0.3, -0.25) is 4.79 Å². The molecule has 2 rings (SSSR count). The van der Waals surface area contributed by atoms with Crippen molar-refractivity contribution in [1.29, 1.82) is 0 Å². The van der Waals surface area contributed by atoms with E-state index >= 15 is 0 Å². The number of hydrogen-bond acceptors (Lipinski definition) is 4. The summed E-state index contributed by atoms with van der Waals surface area (Å²) < 4.78 is 24.1. The highest BCUT2D eigenvalue weighted by Crippen LogP contribution is 2.38. The Hall–Kier alpha value is -0.330. The summed E-state index contributed by atoms with van der Waals surface area (Å²) in [7, 11) is -3.07. The van der Waals surface area contributed by atoms with Crippen molar-refractivity contribution in [3.8, 4) is 0 Å². The van der Waals surface area contributed by atoms with Crippen molar-refractivity contribution in [3.05, 3.63) is 0 Å². The third-order valence-electron chi connectivity index (χ3n) is 4.62. The Bertz CT molecular complexity index is 447. The van der Waals surface area contributed by atoms with Crippen molar-refractivity contribution >= 4 is 28.2 Å². The molecular formula is C13H25ClN2O3S. The van der Waals surface area contributed by atoms with E-state index in [1.807, 2.05) is 0 Å². The van der Waals surface area contributed by atoms with Crippen LogP contribution in [0.3, 0.4) is 0 Å². The second-order valence-corrected chi connectivity index (χ2v) is 8.46. The number of nitrogens with zero attached hydrogens (tertiary/aromatic N) is 1. The van der Waals surface area contributed by atoms with Crippen LogP contribution in [0.2, 0.25) is 0 Å². The molecule has 5 nitrogen and oxygen atoms in total. The number of hydrogen-bond donors (Lipinski definition) is 1. The summed E-state index contributed by atoms with van der Waals surface area (Å²) in [6.07, 6.45) is 4.41. The third kappa shape index (κ3) is 3.12. The second-order valence-electron chi connectivity index (χ2n) is 5.96. The molecule has 20 heavy (non-hydrogen) atoms. The van der Waals surface area contributed by atoms with Gasteiger partial charge in [0, 0.05) is 25.6 Å². The maximum absolute atomic E-state index is 12.4. The first kappa shape index (κ1) is 17.7. The Morgan fingerprint density at radius 1 is 1.30 bits per heavy atom. The van der Waals surface area contributed by atoms with Gasteiger partial charge < -0.3 is 10.6 Å². The van der Waals surface area contributed by atoms with Crippen LogP contribution in [0, 0.1) is 5.92 Å². The van der Waals surface area contributed by atoms with Crippen LogP contribution >= 0.6 is 12.4 Å². The molecule has 0 radical (unpaired) electrons. The van der Waals surface area contributed by atoms with Gasteiger partial charge in [0.2, 0.25) is 5.91 Å².